The Labute approximate surface area is 181 Å². The van der Waals surface area contributed by atoms with Crippen molar-refractivity contribution < 1.29 is 14.3 Å². The van der Waals surface area contributed by atoms with Gasteiger partial charge in [0, 0.05) is 24.0 Å². The van der Waals surface area contributed by atoms with Gasteiger partial charge in [0.1, 0.15) is 22.8 Å². The maximum absolute atomic E-state index is 14.4. The number of ketones is 1. The Bertz CT molecular complexity index is 1230. The highest BCUT2D eigenvalue weighted by atomic mass is 16.5. The predicted octanol–water partition coefficient (Wildman–Crippen LogP) is 3.76. The molecule has 0 radical (unpaired) electrons. The fraction of sp³-hybridized carbons (Fsp3) is 0.400. The number of carbonyl (C=O) groups is 2. The Morgan fingerprint density at radius 1 is 1.26 bits per heavy atom. The zero-order valence-corrected chi connectivity index (χ0v) is 18.3. The molecule has 1 aliphatic carbocycles. The summed E-state index contributed by atoms with van der Waals surface area (Å²) < 4.78 is 5.77. The molecule has 158 valence electrons. The van der Waals surface area contributed by atoms with Crippen molar-refractivity contribution in [3.8, 4) is 6.07 Å². The molecule has 0 unspecified atom stereocenters. The normalized spacial score (nSPS) is 25.9. The molecule has 1 amide bonds. The molecule has 1 spiro atoms. The first-order chi connectivity index (χ1) is 14.7. The van der Waals surface area contributed by atoms with Crippen LogP contribution in [-0.2, 0) is 26.2 Å². The topological polar surface area (TPSA) is 96.4 Å². The van der Waals surface area contributed by atoms with Crippen LogP contribution in [0.2, 0.25) is 0 Å². The number of nitriles is 1. The van der Waals surface area contributed by atoms with E-state index in [1.165, 1.54) is 0 Å². The van der Waals surface area contributed by atoms with Gasteiger partial charge in [0.15, 0.2) is 5.78 Å². The minimum Gasteiger partial charge on any atom is -0.444 e. The van der Waals surface area contributed by atoms with Gasteiger partial charge >= 0.3 is 0 Å². The van der Waals surface area contributed by atoms with Gasteiger partial charge in [-0.1, -0.05) is 19.1 Å². The summed E-state index contributed by atoms with van der Waals surface area (Å²) in [6.45, 7) is 8.05. The zero-order chi connectivity index (χ0) is 22.3. The number of hydrogen-bond donors (Lipinski definition) is 1. The van der Waals surface area contributed by atoms with Gasteiger partial charge in [-0.15, -0.1) is 0 Å². The number of hydrogen-bond acceptors (Lipinski definition) is 5. The van der Waals surface area contributed by atoms with E-state index in [9.17, 15) is 14.9 Å². The van der Waals surface area contributed by atoms with Gasteiger partial charge in [0.2, 0.25) is 11.8 Å². The van der Waals surface area contributed by atoms with Crippen molar-refractivity contribution in [1.29, 1.82) is 5.26 Å². The lowest BCUT2D eigenvalue weighted by atomic mass is 9.64. The van der Waals surface area contributed by atoms with Crippen molar-refractivity contribution in [1.82, 2.24) is 0 Å². The van der Waals surface area contributed by atoms with Crippen LogP contribution >= 0.6 is 0 Å². The number of benzene rings is 1. The van der Waals surface area contributed by atoms with E-state index in [2.05, 4.69) is 25.1 Å². The summed E-state index contributed by atoms with van der Waals surface area (Å²) in [4.78, 5) is 29.5. The van der Waals surface area contributed by atoms with Crippen molar-refractivity contribution in [2.75, 3.05) is 4.90 Å². The number of aryl methyl sites for hydroxylation is 1. The number of allylic oxidation sites excluding steroid dienone is 2. The third-order valence-electron chi connectivity index (χ3n) is 7.01. The van der Waals surface area contributed by atoms with Crippen LogP contribution < -0.4 is 10.6 Å². The predicted molar refractivity (Wildman–Crippen MR) is 117 cm³/mol. The van der Waals surface area contributed by atoms with Crippen molar-refractivity contribution in [2.45, 2.75) is 64.3 Å². The molecule has 31 heavy (non-hydrogen) atoms. The molecule has 6 heteroatoms. The molecule has 4 aliphatic rings. The highest BCUT2D eigenvalue weighted by Gasteiger charge is 2.64. The highest BCUT2D eigenvalue weighted by molar-refractivity contribution is 6.22. The van der Waals surface area contributed by atoms with Crippen molar-refractivity contribution >= 4 is 23.0 Å². The minimum atomic E-state index is -1.55. The summed E-state index contributed by atoms with van der Waals surface area (Å²) in [5, 5.41) is 10.2. The fourth-order valence-electron chi connectivity index (χ4n) is 5.78. The van der Waals surface area contributed by atoms with Crippen molar-refractivity contribution in [3.05, 3.63) is 57.7 Å². The third kappa shape index (κ3) is 2.21. The molecule has 1 aromatic carbocycles. The number of nitrogens with zero attached hydrogens (tertiary/aromatic N) is 2. The van der Waals surface area contributed by atoms with E-state index in [-0.39, 0.29) is 23.1 Å². The Balaban J connectivity index is 1.98. The Morgan fingerprint density at radius 2 is 2.00 bits per heavy atom. The van der Waals surface area contributed by atoms with Gasteiger partial charge in [-0.2, -0.15) is 5.26 Å². The highest BCUT2D eigenvalue weighted by Crippen LogP contribution is 2.60. The third-order valence-corrected chi connectivity index (χ3v) is 7.01. The zero-order valence-electron chi connectivity index (χ0n) is 18.3. The first kappa shape index (κ1) is 19.6. The standard InChI is InChI=1S/C25H25N3O3/c1-5-14-9-15-13(2)11-24(3,4)28-21(15)16(10-14)25(23(28)30)17(12-26)22(27)31-19-8-6-7-18(29)20(19)25/h9-11H,5-8,27H2,1-4H3/t25-/m0/s1. The van der Waals surface area contributed by atoms with Gasteiger partial charge in [0.05, 0.1) is 16.8 Å². The van der Waals surface area contributed by atoms with Gasteiger partial charge < -0.3 is 15.4 Å². The number of carbonyl (C=O) groups excluding carboxylic acids is 2. The Morgan fingerprint density at radius 3 is 2.68 bits per heavy atom. The molecule has 3 heterocycles. The quantitative estimate of drug-likeness (QED) is 0.753. The fourth-order valence-corrected chi connectivity index (χ4v) is 5.78. The minimum absolute atomic E-state index is 0.0183. The van der Waals surface area contributed by atoms with Crippen LogP contribution in [0.3, 0.4) is 0 Å². The molecule has 6 nitrogen and oxygen atoms in total. The molecule has 0 bridgehead atoms. The lowest BCUT2D eigenvalue weighted by molar-refractivity contribution is -0.125. The van der Waals surface area contributed by atoms with E-state index in [0.29, 0.717) is 36.2 Å². The van der Waals surface area contributed by atoms with Crippen LogP contribution in [0.5, 0.6) is 0 Å². The first-order valence-corrected chi connectivity index (χ1v) is 10.7. The molecule has 3 aliphatic heterocycles. The largest absolute Gasteiger partial charge is 0.444 e. The SMILES string of the molecule is CCc1cc2c3c(c1)[C@]1(C(=O)N3C(C)(C)C=C2C)C(C#N)=C(N)OC2=C1C(=O)CCC2. The summed E-state index contributed by atoms with van der Waals surface area (Å²) in [5.74, 6) is -0.0921. The number of anilines is 1. The number of amides is 1. The molecule has 0 fully saturated rings. The molecule has 0 aromatic heterocycles. The molecule has 1 atom stereocenters. The molecule has 0 saturated carbocycles. The van der Waals surface area contributed by atoms with Crippen LogP contribution in [0, 0.1) is 11.3 Å². The smallest absolute Gasteiger partial charge is 0.248 e. The number of nitrogens with two attached hydrogens (primary N) is 1. The molecule has 1 aromatic rings. The lowest BCUT2D eigenvalue weighted by Gasteiger charge is -2.41. The molecular formula is C25H25N3O3. The van der Waals surface area contributed by atoms with Crippen LogP contribution in [0.4, 0.5) is 5.69 Å². The molecule has 5 rings (SSSR count). The van der Waals surface area contributed by atoms with Gasteiger partial charge in [-0.3, -0.25) is 9.59 Å². The second-order valence-electron chi connectivity index (χ2n) is 9.29. The summed E-state index contributed by atoms with van der Waals surface area (Å²) in [5.41, 5.74) is 8.92. The van der Waals surface area contributed by atoms with E-state index >= 15 is 0 Å². The van der Waals surface area contributed by atoms with E-state index < -0.39 is 11.0 Å². The monoisotopic (exact) mass is 415 g/mol. The number of rotatable bonds is 1. The van der Waals surface area contributed by atoms with Gasteiger partial charge in [-0.25, -0.2) is 0 Å². The Hall–Kier alpha value is -3.33. The molecule has 2 N–H and O–H groups in total. The summed E-state index contributed by atoms with van der Waals surface area (Å²) >= 11 is 0. The summed E-state index contributed by atoms with van der Waals surface area (Å²) in [6.07, 6.45) is 4.32. The van der Waals surface area contributed by atoms with Crippen LogP contribution in [0.1, 0.15) is 63.6 Å². The van der Waals surface area contributed by atoms with Crippen molar-refractivity contribution in [3.63, 3.8) is 0 Å². The van der Waals surface area contributed by atoms with Crippen LogP contribution in [0.25, 0.3) is 5.57 Å². The molecular weight excluding hydrogens is 390 g/mol. The average Bonchev–Trinajstić information content (AvgIpc) is 2.96. The van der Waals surface area contributed by atoms with E-state index in [1.807, 2.05) is 26.8 Å². The average molecular weight is 415 g/mol. The summed E-state index contributed by atoms with van der Waals surface area (Å²) in [6, 6.07) is 6.24. The van der Waals surface area contributed by atoms with Gasteiger partial charge in [-0.05, 0) is 50.8 Å². The Kier molecular flexibility index (Phi) is 3.86. The first-order valence-electron chi connectivity index (χ1n) is 10.7. The van der Waals surface area contributed by atoms with Crippen molar-refractivity contribution in [2.24, 2.45) is 5.73 Å². The number of ether oxygens (including phenoxy) is 1. The van der Waals surface area contributed by atoms with Gasteiger partial charge in [0.25, 0.3) is 0 Å². The maximum atomic E-state index is 14.4. The van der Waals surface area contributed by atoms with E-state index in [1.54, 1.807) is 4.90 Å². The summed E-state index contributed by atoms with van der Waals surface area (Å²) in [7, 11) is 0. The lowest BCUT2D eigenvalue weighted by Crippen LogP contribution is -2.54. The van der Waals surface area contributed by atoms with E-state index in [4.69, 9.17) is 10.5 Å². The second-order valence-corrected chi connectivity index (χ2v) is 9.29. The molecule has 0 saturated heterocycles. The number of fused-ring (bicyclic) bond motifs is 2. The maximum Gasteiger partial charge on any atom is 0.248 e. The van der Waals surface area contributed by atoms with Crippen LogP contribution in [-0.4, -0.2) is 17.2 Å². The second kappa shape index (κ2) is 6.10. The van der Waals surface area contributed by atoms with Crippen LogP contribution in [0.15, 0.2) is 41.0 Å². The number of Topliss-reactive ketones (excluding diaryl/α,β-unsaturated/α-hetero) is 1. The van der Waals surface area contributed by atoms with E-state index in [0.717, 1.165) is 28.8 Å².